The first-order valence-electron chi connectivity index (χ1n) is 10.5. The van der Waals surface area contributed by atoms with Crippen LogP contribution in [0.15, 0.2) is 59.4 Å². The van der Waals surface area contributed by atoms with Gasteiger partial charge in [0.1, 0.15) is 5.82 Å². The van der Waals surface area contributed by atoms with E-state index < -0.39 is 0 Å². The third-order valence-electron chi connectivity index (χ3n) is 5.84. The molecule has 29 heavy (non-hydrogen) atoms. The van der Waals surface area contributed by atoms with Gasteiger partial charge in [-0.25, -0.2) is 4.98 Å². The molecular weight excluding hydrogens is 362 g/mol. The maximum absolute atomic E-state index is 12.3. The fourth-order valence-corrected chi connectivity index (χ4v) is 4.27. The zero-order chi connectivity index (χ0) is 20.1. The second-order valence-corrected chi connectivity index (χ2v) is 7.91. The highest BCUT2D eigenvalue weighted by Gasteiger charge is 2.23. The van der Waals surface area contributed by atoms with Crippen LogP contribution < -0.4 is 10.9 Å². The largest absolute Gasteiger partial charge is 0.353 e. The quantitative estimate of drug-likeness (QED) is 0.667. The number of aromatic amines is 1. The Balaban J connectivity index is 1.22. The Morgan fingerprint density at radius 2 is 1.72 bits per heavy atom. The molecule has 0 aliphatic heterocycles. The van der Waals surface area contributed by atoms with E-state index in [9.17, 15) is 9.59 Å². The summed E-state index contributed by atoms with van der Waals surface area (Å²) in [5, 5.41) is 3.78. The van der Waals surface area contributed by atoms with E-state index in [0.29, 0.717) is 41.9 Å². The first kappa shape index (κ1) is 19.4. The summed E-state index contributed by atoms with van der Waals surface area (Å²) in [6.45, 7) is 0. The van der Waals surface area contributed by atoms with Crippen LogP contribution in [0.25, 0.3) is 10.9 Å². The van der Waals surface area contributed by atoms with Gasteiger partial charge < -0.3 is 10.3 Å². The molecule has 2 aromatic carbocycles. The van der Waals surface area contributed by atoms with Gasteiger partial charge in [-0.1, -0.05) is 42.5 Å². The molecule has 1 amide bonds. The Hall–Kier alpha value is -2.95. The summed E-state index contributed by atoms with van der Waals surface area (Å²) in [5.74, 6) is 1.35. The summed E-state index contributed by atoms with van der Waals surface area (Å²) in [5.41, 5.74) is 1.99. The molecule has 0 unspecified atom stereocenters. The van der Waals surface area contributed by atoms with Crippen molar-refractivity contribution in [3.8, 4) is 0 Å². The van der Waals surface area contributed by atoms with Gasteiger partial charge in [-0.05, 0) is 55.7 Å². The molecule has 1 aliphatic rings. The molecule has 0 saturated heterocycles. The van der Waals surface area contributed by atoms with Crippen molar-refractivity contribution in [2.24, 2.45) is 0 Å². The van der Waals surface area contributed by atoms with Crippen molar-refractivity contribution in [1.82, 2.24) is 15.3 Å². The summed E-state index contributed by atoms with van der Waals surface area (Å²) in [6.07, 6.45) is 6.03. The van der Waals surface area contributed by atoms with Gasteiger partial charge in [0, 0.05) is 18.9 Å². The zero-order valence-corrected chi connectivity index (χ0v) is 16.6. The number of aryl methyl sites for hydroxylation is 1. The Kier molecular flexibility index (Phi) is 6.03. The van der Waals surface area contributed by atoms with E-state index >= 15 is 0 Å². The number of amides is 1. The lowest BCUT2D eigenvalue weighted by Gasteiger charge is -2.29. The van der Waals surface area contributed by atoms with Crippen molar-refractivity contribution in [2.75, 3.05) is 0 Å². The number of nitrogens with one attached hydrogen (secondary N) is 2. The number of rotatable bonds is 6. The van der Waals surface area contributed by atoms with E-state index in [1.165, 1.54) is 5.56 Å². The minimum atomic E-state index is -0.120. The standard InChI is InChI=1S/C24H27N3O2/c28-23(25-19-15-13-18(14-16-19)17-7-2-1-3-8-17)12-6-11-22-26-21-10-5-4-9-20(21)24(29)27-22/h1-5,7-10,18-19H,6,11-16H2,(H,25,28)(H,26,27,29). The number of hydrogen-bond donors (Lipinski definition) is 2. The number of fused-ring (bicyclic) bond motifs is 1. The van der Waals surface area contributed by atoms with Crippen LogP contribution >= 0.6 is 0 Å². The van der Waals surface area contributed by atoms with E-state index in [1.807, 2.05) is 18.2 Å². The average molecular weight is 389 g/mol. The molecule has 0 spiro atoms. The average Bonchev–Trinajstić information content (AvgIpc) is 2.75. The molecule has 0 bridgehead atoms. The molecular formula is C24H27N3O2. The van der Waals surface area contributed by atoms with E-state index in [4.69, 9.17) is 0 Å². The first-order chi connectivity index (χ1) is 14.2. The monoisotopic (exact) mass is 389 g/mol. The summed E-state index contributed by atoms with van der Waals surface area (Å²) in [4.78, 5) is 31.8. The number of nitrogens with zero attached hydrogens (tertiary/aromatic N) is 1. The maximum atomic E-state index is 12.3. The molecule has 1 heterocycles. The summed E-state index contributed by atoms with van der Waals surface area (Å²) >= 11 is 0. The number of hydrogen-bond acceptors (Lipinski definition) is 3. The smallest absolute Gasteiger partial charge is 0.258 e. The van der Waals surface area contributed by atoms with Gasteiger partial charge >= 0.3 is 0 Å². The van der Waals surface area contributed by atoms with Gasteiger partial charge in [0.25, 0.3) is 5.56 Å². The van der Waals surface area contributed by atoms with Gasteiger partial charge in [0.05, 0.1) is 10.9 Å². The number of H-pyrrole nitrogens is 1. The van der Waals surface area contributed by atoms with Crippen molar-refractivity contribution in [2.45, 2.75) is 56.9 Å². The molecule has 1 aliphatic carbocycles. The highest BCUT2D eigenvalue weighted by atomic mass is 16.1. The molecule has 150 valence electrons. The summed E-state index contributed by atoms with van der Waals surface area (Å²) in [6, 6.07) is 18.2. The van der Waals surface area contributed by atoms with Crippen molar-refractivity contribution in [3.05, 3.63) is 76.3 Å². The molecule has 5 nitrogen and oxygen atoms in total. The highest BCUT2D eigenvalue weighted by molar-refractivity contribution is 5.77. The fourth-order valence-electron chi connectivity index (χ4n) is 4.27. The number of benzene rings is 2. The third-order valence-corrected chi connectivity index (χ3v) is 5.84. The van der Waals surface area contributed by atoms with Crippen LogP contribution in [0, 0.1) is 0 Å². The number of carbonyl (C=O) groups excluding carboxylic acids is 1. The molecule has 0 radical (unpaired) electrons. The fraction of sp³-hybridized carbons (Fsp3) is 0.375. The molecule has 5 heteroatoms. The lowest BCUT2D eigenvalue weighted by atomic mass is 9.82. The SMILES string of the molecule is O=C(CCCc1nc2ccccc2c(=O)[nH]1)NC1CCC(c2ccccc2)CC1. The molecule has 1 aromatic heterocycles. The van der Waals surface area contributed by atoms with Gasteiger partial charge in [-0.3, -0.25) is 9.59 Å². The highest BCUT2D eigenvalue weighted by Crippen LogP contribution is 2.32. The second-order valence-electron chi connectivity index (χ2n) is 7.91. The van der Waals surface area contributed by atoms with Crippen LogP contribution in [-0.4, -0.2) is 21.9 Å². The Bertz CT molecular complexity index is 1020. The normalized spacial score (nSPS) is 19.2. The van der Waals surface area contributed by atoms with E-state index in [2.05, 4.69) is 45.6 Å². The lowest BCUT2D eigenvalue weighted by molar-refractivity contribution is -0.122. The minimum Gasteiger partial charge on any atom is -0.353 e. The first-order valence-corrected chi connectivity index (χ1v) is 10.5. The van der Waals surface area contributed by atoms with Crippen LogP contribution in [-0.2, 0) is 11.2 Å². The van der Waals surface area contributed by atoms with Gasteiger partial charge in [-0.15, -0.1) is 0 Å². The van der Waals surface area contributed by atoms with Gasteiger partial charge in [0.2, 0.25) is 5.91 Å². The molecule has 1 fully saturated rings. The van der Waals surface area contributed by atoms with E-state index in [0.717, 1.165) is 25.7 Å². The van der Waals surface area contributed by atoms with Crippen LogP contribution in [0.4, 0.5) is 0 Å². The minimum absolute atomic E-state index is 0.0938. The van der Waals surface area contributed by atoms with Crippen molar-refractivity contribution < 1.29 is 4.79 Å². The topological polar surface area (TPSA) is 74.8 Å². The lowest BCUT2D eigenvalue weighted by Crippen LogP contribution is -2.37. The van der Waals surface area contributed by atoms with E-state index in [-0.39, 0.29) is 17.5 Å². The molecule has 4 rings (SSSR count). The number of aromatic nitrogens is 2. The third kappa shape index (κ3) is 4.91. The van der Waals surface area contributed by atoms with Crippen LogP contribution in [0.5, 0.6) is 0 Å². The van der Waals surface area contributed by atoms with Crippen molar-refractivity contribution in [3.63, 3.8) is 0 Å². The van der Waals surface area contributed by atoms with E-state index in [1.54, 1.807) is 6.07 Å². The maximum Gasteiger partial charge on any atom is 0.258 e. The van der Waals surface area contributed by atoms with Crippen molar-refractivity contribution >= 4 is 16.8 Å². The Morgan fingerprint density at radius 3 is 2.52 bits per heavy atom. The Labute approximate surface area is 170 Å². The van der Waals surface area contributed by atoms with Gasteiger partial charge in [-0.2, -0.15) is 0 Å². The van der Waals surface area contributed by atoms with Crippen LogP contribution in [0.1, 0.15) is 55.8 Å². The second kappa shape index (κ2) is 9.03. The Morgan fingerprint density at radius 1 is 1.00 bits per heavy atom. The van der Waals surface area contributed by atoms with Crippen LogP contribution in [0.2, 0.25) is 0 Å². The van der Waals surface area contributed by atoms with Crippen LogP contribution in [0.3, 0.4) is 0 Å². The summed E-state index contributed by atoms with van der Waals surface area (Å²) < 4.78 is 0. The molecule has 3 aromatic rings. The number of para-hydroxylation sites is 1. The number of carbonyl (C=O) groups is 1. The summed E-state index contributed by atoms with van der Waals surface area (Å²) in [7, 11) is 0. The predicted octanol–water partition coefficient (Wildman–Crippen LogP) is 4.09. The predicted molar refractivity (Wildman–Crippen MR) is 115 cm³/mol. The van der Waals surface area contributed by atoms with Crippen molar-refractivity contribution in [1.29, 1.82) is 0 Å². The van der Waals surface area contributed by atoms with Gasteiger partial charge in [0.15, 0.2) is 0 Å². The molecule has 0 atom stereocenters. The zero-order valence-electron chi connectivity index (χ0n) is 16.6. The molecule has 2 N–H and O–H groups in total. The molecule has 1 saturated carbocycles.